The van der Waals surface area contributed by atoms with Crippen LogP contribution in [0.5, 0.6) is 11.8 Å². The molecule has 0 spiro atoms. The predicted molar refractivity (Wildman–Crippen MR) is 127 cm³/mol. The molecule has 1 fully saturated rings. The van der Waals surface area contributed by atoms with Crippen LogP contribution in [0.25, 0.3) is 0 Å². The lowest BCUT2D eigenvalue weighted by Crippen LogP contribution is -2.45. The summed E-state index contributed by atoms with van der Waals surface area (Å²) in [4.78, 5) is 36.9. The Morgan fingerprint density at radius 1 is 1.15 bits per heavy atom. The molecule has 0 atom stereocenters. The van der Waals surface area contributed by atoms with E-state index < -0.39 is 0 Å². The smallest absolute Gasteiger partial charge is 0.249 e. The van der Waals surface area contributed by atoms with Gasteiger partial charge < -0.3 is 29.5 Å². The maximum Gasteiger partial charge on any atom is 0.249 e. The molecule has 11 nitrogen and oxygen atoms in total. The summed E-state index contributed by atoms with van der Waals surface area (Å²) in [7, 11) is 9.06. The van der Waals surface area contributed by atoms with Gasteiger partial charge in [-0.2, -0.15) is 9.97 Å². The molecule has 2 aromatic heterocycles. The number of ether oxygens (including phenoxy) is 2. The number of amides is 1. The first-order chi connectivity index (χ1) is 15.9. The standard InChI is InChI=1S/C21H30N8O3S/c1-27(2)10-6-7-16(30)23-15-8-9-22-21(24-15)33-17-18(31-4)25-20(26-19(17)32-5)29-13-11-28(3)12-14-29/h6-9H,10-14H2,1-5H3,(H,22,23,24,30). The van der Waals surface area contributed by atoms with E-state index in [0.717, 1.165) is 26.2 Å². The first-order valence-corrected chi connectivity index (χ1v) is 11.3. The van der Waals surface area contributed by atoms with Gasteiger partial charge in [0.1, 0.15) is 10.7 Å². The van der Waals surface area contributed by atoms with Crippen molar-refractivity contribution in [3.05, 3.63) is 24.4 Å². The van der Waals surface area contributed by atoms with Crippen LogP contribution in [0.3, 0.4) is 0 Å². The third-order valence-electron chi connectivity index (χ3n) is 4.78. The Hall–Kier alpha value is -2.96. The first kappa shape index (κ1) is 24.7. The van der Waals surface area contributed by atoms with E-state index in [-0.39, 0.29) is 5.91 Å². The molecule has 1 aliphatic heterocycles. The maximum atomic E-state index is 12.1. The summed E-state index contributed by atoms with van der Waals surface area (Å²) in [6.07, 6.45) is 4.83. The molecule has 2 aromatic rings. The van der Waals surface area contributed by atoms with Gasteiger partial charge >= 0.3 is 0 Å². The lowest BCUT2D eigenvalue weighted by atomic mass is 10.3. The van der Waals surface area contributed by atoms with E-state index in [0.29, 0.717) is 40.1 Å². The number of anilines is 2. The van der Waals surface area contributed by atoms with Crippen molar-refractivity contribution < 1.29 is 14.3 Å². The molecule has 0 unspecified atom stereocenters. The zero-order valence-electron chi connectivity index (χ0n) is 19.6. The monoisotopic (exact) mass is 474 g/mol. The van der Waals surface area contributed by atoms with Crippen LogP contribution >= 0.6 is 11.8 Å². The average Bonchev–Trinajstić information content (AvgIpc) is 2.79. The van der Waals surface area contributed by atoms with Gasteiger partial charge in [0.25, 0.3) is 0 Å². The molecule has 178 valence electrons. The number of likely N-dealkylation sites (N-methyl/N-ethyl adjacent to an activating group) is 2. The molecular weight excluding hydrogens is 444 g/mol. The van der Waals surface area contributed by atoms with Gasteiger partial charge in [0, 0.05) is 45.0 Å². The summed E-state index contributed by atoms with van der Waals surface area (Å²) in [5.41, 5.74) is 0. The van der Waals surface area contributed by atoms with E-state index in [2.05, 4.69) is 42.1 Å². The molecule has 1 aliphatic rings. The second-order valence-corrected chi connectivity index (χ2v) is 8.62. The number of hydrogen-bond acceptors (Lipinski definition) is 11. The van der Waals surface area contributed by atoms with Gasteiger partial charge in [0.2, 0.25) is 23.6 Å². The zero-order valence-corrected chi connectivity index (χ0v) is 20.4. The van der Waals surface area contributed by atoms with Crippen molar-refractivity contribution >= 4 is 29.4 Å². The van der Waals surface area contributed by atoms with Crippen LogP contribution in [0, 0.1) is 0 Å². The van der Waals surface area contributed by atoms with Crippen molar-refractivity contribution in [1.82, 2.24) is 29.7 Å². The molecule has 1 N–H and O–H groups in total. The number of nitrogens with zero attached hydrogens (tertiary/aromatic N) is 7. The summed E-state index contributed by atoms with van der Waals surface area (Å²) in [5.74, 6) is 1.45. The van der Waals surface area contributed by atoms with Gasteiger partial charge in [-0.15, -0.1) is 0 Å². The molecule has 3 rings (SSSR count). The van der Waals surface area contributed by atoms with Crippen molar-refractivity contribution in [2.75, 3.05) is 78.3 Å². The summed E-state index contributed by atoms with van der Waals surface area (Å²) < 4.78 is 11.1. The van der Waals surface area contributed by atoms with E-state index in [4.69, 9.17) is 9.47 Å². The Morgan fingerprint density at radius 2 is 1.82 bits per heavy atom. The van der Waals surface area contributed by atoms with Gasteiger partial charge in [-0.25, -0.2) is 9.97 Å². The number of carbonyl (C=O) groups excluding carboxylic acids is 1. The number of carbonyl (C=O) groups is 1. The first-order valence-electron chi connectivity index (χ1n) is 10.5. The van der Waals surface area contributed by atoms with E-state index in [1.807, 2.05) is 19.0 Å². The predicted octanol–water partition coefficient (Wildman–Crippen LogP) is 1.24. The lowest BCUT2D eigenvalue weighted by molar-refractivity contribution is -0.111. The van der Waals surface area contributed by atoms with Crippen LogP contribution in [-0.4, -0.2) is 104 Å². The highest BCUT2D eigenvalue weighted by molar-refractivity contribution is 7.99. The minimum Gasteiger partial charge on any atom is -0.480 e. The zero-order chi connectivity index (χ0) is 23.8. The molecule has 1 amide bonds. The SMILES string of the molecule is COc1nc(N2CCN(C)CC2)nc(OC)c1Sc1nccc(NC(=O)C=CCN(C)C)n1. The van der Waals surface area contributed by atoms with Crippen LogP contribution in [0.2, 0.25) is 0 Å². The summed E-state index contributed by atoms with van der Waals surface area (Å²) in [6.45, 7) is 4.18. The number of aromatic nitrogens is 4. The molecule has 1 saturated heterocycles. The van der Waals surface area contributed by atoms with E-state index in [9.17, 15) is 4.79 Å². The fourth-order valence-corrected chi connectivity index (χ4v) is 3.87. The minimum atomic E-state index is -0.262. The van der Waals surface area contributed by atoms with Crippen molar-refractivity contribution in [3.8, 4) is 11.8 Å². The fourth-order valence-electron chi connectivity index (χ4n) is 3.00. The van der Waals surface area contributed by atoms with E-state index >= 15 is 0 Å². The molecule has 12 heteroatoms. The summed E-state index contributed by atoms with van der Waals surface area (Å²) in [5, 5.41) is 3.14. The Labute approximate surface area is 198 Å². The number of methoxy groups -OCH3 is 2. The Balaban J connectivity index is 1.77. The summed E-state index contributed by atoms with van der Waals surface area (Å²) >= 11 is 1.21. The molecule has 0 bridgehead atoms. The highest BCUT2D eigenvalue weighted by Gasteiger charge is 2.23. The number of nitrogens with one attached hydrogen (secondary N) is 1. The minimum absolute atomic E-state index is 0.262. The normalized spacial score (nSPS) is 14.7. The number of piperazine rings is 1. The fraction of sp³-hybridized carbons (Fsp3) is 0.476. The van der Waals surface area contributed by atoms with Crippen molar-refractivity contribution in [2.24, 2.45) is 0 Å². The van der Waals surface area contributed by atoms with Crippen LogP contribution in [0.1, 0.15) is 0 Å². The van der Waals surface area contributed by atoms with Crippen LogP contribution < -0.4 is 19.7 Å². The highest BCUT2D eigenvalue weighted by atomic mass is 32.2. The number of hydrogen-bond donors (Lipinski definition) is 1. The molecule has 0 radical (unpaired) electrons. The molecule has 0 aromatic carbocycles. The van der Waals surface area contributed by atoms with Gasteiger partial charge in [-0.05, 0) is 39.0 Å². The number of rotatable bonds is 9. The van der Waals surface area contributed by atoms with Gasteiger partial charge in [-0.1, -0.05) is 6.08 Å². The van der Waals surface area contributed by atoms with E-state index in [1.165, 1.54) is 17.8 Å². The van der Waals surface area contributed by atoms with E-state index in [1.54, 1.807) is 32.6 Å². The second-order valence-electron chi connectivity index (χ2n) is 7.64. The van der Waals surface area contributed by atoms with Gasteiger partial charge in [-0.3, -0.25) is 4.79 Å². The van der Waals surface area contributed by atoms with Crippen LogP contribution in [-0.2, 0) is 4.79 Å². The summed E-state index contributed by atoms with van der Waals surface area (Å²) in [6, 6.07) is 1.63. The molecule has 33 heavy (non-hydrogen) atoms. The topological polar surface area (TPSA) is 109 Å². The largest absolute Gasteiger partial charge is 0.480 e. The Morgan fingerprint density at radius 3 is 2.42 bits per heavy atom. The van der Waals surface area contributed by atoms with Gasteiger partial charge in [0.15, 0.2) is 5.16 Å². The Bertz CT molecular complexity index is 955. The van der Waals surface area contributed by atoms with Crippen LogP contribution in [0.4, 0.5) is 11.8 Å². The van der Waals surface area contributed by atoms with Crippen molar-refractivity contribution in [1.29, 1.82) is 0 Å². The quantitative estimate of drug-likeness (QED) is 0.419. The highest BCUT2D eigenvalue weighted by Crippen LogP contribution is 2.39. The maximum absolute atomic E-state index is 12.1. The van der Waals surface area contributed by atoms with Crippen LogP contribution in [0.15, 0.2) is 34.5 Å². The molecule has 0 aliphatic carbocycles. The van der Waals surface area contributed by atoms with Gasteiger partial charge in [0.05, 0.1) is 14.2 Å². The second kappa shape index (κ2) is 11.8. The molecular formula is C21H30N8O3S. The lowest BCUT2D eigenvalue weighted by Gasteiger charge is -2.32. The van der Waals surface area contributed by atoms with Crippen molar-refractivity contribution in [2.45, 2.75) is 10.1 Å². The third-order valence-corrected chi connectivity index (χ3v) is 5.71. The molecule has 0 saturated carbocycles. The Kier molecular flexibility index (Phi) is 8.80. The third kappa shape index (κ3) is 7.01. The average molecular weight is 475 g/mol. The van der Waals surface area contributed by atoms with Crippen molar-refractivity contribution in [3.63, 3.8) is 0 Å². The molecule has 3 heterocycles.